The predicted octanol–water partition coefficient (Wildman–Crippen LogP) is 6.36. The van der Waals surface area contributed by atoms with Crippen molar-refractivity contribution in [3.8, 4) is 0 Å². The lowest BCUT2D eigenvalue weighted by molar-refractivity contribution is 0.595. The van der Waals surface area contributed by atoms with Crippen molar-refractivity contribution in [2.75, 3.05) is 0 Å². The van der Waals surface area contributed by atoms with Crippen LogP contribution in [-0.2, 0) is 5.41 Å². The number of fused-ring (bicyclic) bond motifs is 3. The Hall–Kier alpha value is -4.14. The Balaban J connectivity index is 1.60. The van der Waals surface area contributed by atoms with Gasteiger partial charge in [0.05, 0.1) is 11.0 Å². The van der Waals surface area contributed by atoms with E-state index in [0.29, 0.717) is 0 Å². The molecule has 184 valence electrons. The second-order valence-corrected chi connectivity index (χ2v) is 15.3. The van der Waals surface area contributed by atoms with Gasteiger partial charge in [-0.05, 0) is 37.8 Å². The molecule has 1 nitrogen and oxygen atoms in total. The van der Waals surface area contributed by atoms with Crippen molar-refractivity contribution in [1.29, 1.82) is 0 Å². The van der Waals surface area contributed by atoms with E-state index in [1.165, 1.54) is 53.5 Å². The Labute approximate surface area is 225 Å². The van der Waals surface area contributed by atoms with E-state index < -0.39 is 8.07 Å². The van der Waals surface area contributed by atoms with Crippen molar-refractivity contribution in [2.24, 2.45) is 0 Å². The van der Waals surface area contributed by atoms with Crippen molar-refractivity contribution in [3.63, 3.8) is 0 Å². The molecule has 2 heterocycles. The molecule has 0 unspecified atom stereocenters. The summed E-state index contributed by atoms with van der Waals surface area (Å²) in [4.78, 5) is 0. The summed E-state index contributed by atoms with van der Waals surface area (Å²) in [5, 5.41) is 9.67. The van der Waals surface area contributed by atoms with Gasteiger partial charge in [-0.25, -0.2) is 0 Å². The molecule has 0 saturated carbocycles. The lowest BCUT2D eigenvalue weighted by atomic mass is 9.86. The largest absolute Gasteiger partial charge is 0.315 e. The topological polar surface area (TPSA) is 4.41 Å². The minimum absolute atomic E-state index is 0.0928. The molecule has 38 heavy (non-hydrogen) atoms. The Morgan fingerprint density at radius 1 is 0.500 bits per heavy atom. The molecule has 0 saturated heterocycles. The van der Waals surface area contributed by atoms with Crippen molar-refractivity contribution in [1.82, 2.24) is 4.40 Å². The van der Waals surface area contributed by atoms with Gasteiger partial charge in [0.25, 0.3) is 0 Å². The van der Waals surface area contributed by atoms with Crippen LogP contribution in [0.15, 0.2) is 134 Å². The third-order valence-electron chi connectivity index (χ3n) is 8.23. The minimum Gasteiger partial charge on any atom is -0.315 e. The average molecular weight is 506 g/mol. The molecular formula is C36H31NSi. The first kappa shape index (κ1) is 23.0. The number of aromatic nitrogens is 1. The van der Waals surface area contributed by atoms with Crippen LogP contribution in [0, 0.1) is 0 Å². The average Bonchev–Trinajstić information content (AvgIpc) is 3.50. The molecule has 0 bridgehead atoms. The molecule has 0 spiro atoms. The lowest BCUT2D eigenvalue weighted by Crippen LogP contribution is -2.74. The van der Waals surface area contributed by atoms with E-state index in [-0.39, 0.29) is 5.41 Å². The van der Waals surface area contributed by atoms with Crippen LogP contribution < -0.4 is 20.7 Å². The fourth-order valence-corrected chi connectivity index (χ4v) is 11.3. The van der Waals surface area contributed by atoms with Gasteiger partial charge in [-0.3, -0.25) is 0 Å². The highest BCUT2D eigenvalue weighted by molar-refractivity contribution is 7.20. The maximum atomic E-state index is 2.51. The number of hydrogen-bond donors (Lipinski definition) is 0. The van der Waals surface area contributed by atoms with Gasteiger partial charge in [-0.15, -0.1) is 0 Å². The highest BCUT2D eigenvalue weighted by atomic mass is 28.3. The molecule has 0 aliphatic heterocycles. The number of benzene rings is 5. The SMILES string of the molecule is CC(C)(C)c1cn2c3ccc([Si](c4ccccc4)(c4ccccc4)c4ccccc4)cc3c3cccc1c32. The summed E-state index contributed by atoms with van der Waals surface area (Å²) in [7, 11) is -2.56. The summed E-state index contributed by atoms with van der Waals surface area (Å²) in [6, 6.07) is 47.6. The number of rotatable bonds is 4. The zero-order valence-electron chi connectivity index (χ0n) is 22.1. The normalized spacial score (nSPS) is 12.6. The van der Waals surface area contributed by atoms with Gasteiger partial charge in [0.15, 0.2) is 8.07 Å². The van der Waals surface area contributed by atoms with Crippen LogP contribution in [0.5, 0.6) is 0 Å². The van der Waals surface area contributed by atoms with E-state index in [1.54, 1.807) is 0 Å². The molecule has 0 atom stereocenters. The third-order valence-corrected chi connectivity index (χ3v) is 13.0. The minimum atomic E-state index is -2.56. The molecule has 0 aliphatic rings. The van der Waals surface area contributed by atoms with E-state index in [9.17, 15) is 0 Å². The monoisotopic (exact) mass is 505 g/mol. The van der Waals surface area contributed by atoms with Crippen molar-refractivity contribution in [3.05, 3.63) is 139 Å². The first-order valence-corrected chi connectivity index (χ1v) is 15.5. The summed E-state index contributed by atoms with van der Waals surface area (Å²) in [6.07, 6.45) is 2.37. The van der Waals surface area contributed by atoms with Gasteiger partial charge in [0, 0.05) is 22.4 Å². The zero-order valence-corrected chi connectivity index (χ0v) is 23.1. The predicted molar refractivity (Wildman–Crippen MR) is 166 cm³/mol. The highest BCUT2D eigenvalue weighted by Gasteiger charge is 2.41. The molecule has 0 aliphatic carbocycles. The Morgan fingerprint density at radius 3 is 1.55 bits per heavy atom. The number of para-hydroxylation sites is 1. The van der Waals surface area contributed by atoms with Crippen LogP contribution in [0.4, 0.5) is 0 Å². The zero-order chi connectivity index (χ0) is 25.9. The van der Waals surface area contributed by atoms with Crippen LogP contribution in [0.2, 0.25) is 0 Å². The first-order chi connectivity index (χ1) is 18.5. The van der Waals surface area contributed by atoms with Crippen LogP contribution in [-0.4, -0.2) is 12.5 Å². The molecule has 0 fully saturated rings. The van der Waals surface area contributed by atoms with Gasteiger partial charge in [-0.1, -0.05) is 142 Å². The molecule has 7 aromatic rings. The third kappa shape index (κ3) is 3.23. The van der Waals surface area contributed by atoms with Crippen molar-refractivity contribution < 1.29 is 0 Å². The van der Waals surface area contributed by atoms with Gasteiger partial charge in [0.1, 0.15) is 0 Å². The number of hydrogen-bond acceptors (Lipinski definition) is 0. The smallest absolute Gasteiger partial charge is 0.179 e. The lowest BCUT2D eigenvalue weighted by Gasteiger charge is -2.34. The summed E-state index contributed by atoms with van der Waals surface area (Å²) < 4.78 is 2.43. The molecule has 2 aromatic heterocycles. The van der Waals surface area contributed by atoms with E-state index in [4.69, 9.17) is 0 Å². The molecular weight excluding hydrogens is 474 g/mol. The standard InChI is InChI=1S/C36H31NSi/c1-36(2,3)33-25-37-34-23-22-29(24-32(34)30-20-13-21-31(33)35(30)37)38(26-14-7-4-8-15-26,27-16-9-5-10-17-27)28-18-11-6-12-19-28/h4-25H,1-3H3. The van der Waals surface area contributed by atoms with E-state index >= 15 is 0 Å². The summed E-state index contributed by atoms with van der Waals surface area (Å²) in [5.41, 5.74) is 4.13. The highest BCUT2D eigenvalue weighted by Crippen LogP contribution is 2.38. The summed E-state index contributed by atoms with van der Waals surface area (Å²) in [5.74, 6) is 0. The van der Waals surface area contributed by atoms with Gasteiger partial charge >= 0.3 is 0 Å². The molecule has 0 amide bonds. The molecule has 0 N–H and O–H groups in total. The van der Waals surface area contributed by atoms with Crippen molar-refractivity contribution >= 4 is 56.0 Å². The quantitative estimate of drug-likeness (QED) is 0.194. The summed E-state index contributed by atoms with van der Waals surface area (Å²) >= 11 is 0. The van der Waals surface area contributed by atoms with Gasteiger partial charge < -0.3 is 4.40 Å². The van der Waals surface area contributed by atoms with Crippen LogP contribution >= 0.6 is 0 Å². The van der Waals surface area contributed by atoms with Crippen molar-refractivity contribution in [2.45, 2.75) is 26.2 Å². The maximum Gasteiger partial charge on any atom is 0.179 e. The van der Waals surface area contributed by atoms with Crippen LogP contribution in [0.25, 0.3) is 27.2 Å². The van der Waals surface area contributed by atoms with E-state index in [0.717, 1.165) is 0 Å². The maximum absolute atomic E-state index is 2.56. The molecule has 5 aromatic carbocycles. The van der Waals surface area contributed by atoms with E-state index in [1.807, 2.05) is 0 Å². The van der Waals surface area contributed by atoms with Crippen LogP contribution in [0.1, 0.15) is 26.3 Å². The number of nitrogens with zero attached hydrogens (tertiary/aromatic N) is 1. The fourth-order valence-electron chi connectivity index (χ4n) is 6.55. The van der Waals surface area contributed by atoms with Gasteiger partial charge in [0.2, 0.25) is 0 Å². The molecule has 2 heteroatoms. The fraction of sp³-hybridized carbons (Fsp3) is 0.111. The summed E-state index contributed by atoms with van der Waals surface area (Å²) in [6.45, 7) is 6.93. The Bertz CT molecular complexity index is 1780. The second kappa shape index (κ2) is 8.44. The van der Waals surface area contributed by atoms with Gasteiger partial charge in [-0.2, -0.15) is 0 Å². The first-order valence-electron chi connectivity index (χ1n) is 13.5. The second-order valence-electron chi connectivity index (χ2n) is 11.4. The molecule has 7 rings (SSSR count). The van der Waals surface area contributed by atoms with E-state index in [2.05, 4.69) is 159 Å². The Morgan fingerprint density at radius 2 is 1.03 bits per heavy atom. The van der Waals surface area contributed by atoms with Crippen LogP contribution in [0.3, 0.4) is 0 Å². The molecule has 0 radical (unpaired) electrons. The Kier molecular flexibility index (Phi) is 5.11.